The fraction of sp³-hybridized carbons (Fsp3) is 0.440. The Labute approximate surface area is 230 Å². The van der Waals surface area contributed by atoms with Gasteiger partial charge in [0, 0.05) is 30.1 Å². The second-order valence-corrected chi connectivity index (χ2v) is 9.31. The number of rotatable bonds is 16. The highest BCUT2D eigenvalue weighted by Crippen LogP contribution is 2.19. The number of amides is 4. The quantitative estimate of drug-likeness (QED) is 0.0619. The van der Waals surface area contributed by atoms with Gasteiger partial charge in [-0.25, -0.2) is 0 Å². The third-order valence-corrected chi connectivity index (χ3v) is 6.07. The first-order chi connectivity index (χ1) is 18.9. The van der Waals surface area contributed by atoms with Crippen LogP contribution in [0.4, 0.5) is 0 Å². The predicted molar refractivity (Wildman–Crippen MR) is 147 cm³/mol. The summed E-state index contributed by atoms with van der Waals surface area (Å²) in [6.45, 7) is 1.42. The van der Waals surface area contributed by atoms with Gasteiger partial charge >= 0.3 is 5.97 Å². The molecule has 15 nitrogen and oxygen atoms in total. The van der Waals surface area contributed by atoms with Gasteiger partial charge in [0.25, 0.3) is 0 Å². The largest absolute Gasteiger partial charge is 0.480 e. The van der Waals surface area contributed by atoms with Crippen molar-refractivity contribution in [2.24, 2.45) is 27.9 Å². The van der Waals surface area contributed by atoms with E-state index >= 15 is 0 Å². The number of primary amides is 1. The van der Waals surface area contributed by atoms with E-state index in [1.807, 2.05) is 24.3 Å². The molecule has 0 aliphatic carbocycles. The molecule has 0 radical (unpaired) electrons. The van der Waals surface area contributed by atoms with E-state index in [4.69, 9.17) is 28.0 Å². The minimum absolute atomic E-state index is 0.0528. The molecule has 0 saturated carbocycles. The lowest BCUT2D eigenvalue weighted by Gasteiger charge is -2.24. The molecule has 0 aliphatic rings. The molecule has 2 aromatic rings. The second kappa shape index (κ2) is 15.1. The molecule has 15 heteroatoms. The molecule has 0 spiro atoms. The highest BCUT2D eigenvalue weighted by Gasteiger charge is 2.29. The fourth-order valence-corrected chi connectivity index (χ4v) is 3.88. The molecule has 13 N–H and O–H groups in total. The molecule has 0 bridgehead atoms. The molecule has 0 saturated heterocycles. The highest BCUT2D eigenvalue weighted by atomic mass is 16.4. The summed E-state index contributed by atoms with van der Waals surface area (Å²) in [6.07, 6.45) is 1.86. The van der Waals surface area contributed by atoms with Gasteiger partial charge in [-0.3, -0.25) is 29.0 Å². The van der Waals surface area contributed by atoms with Crippen molar-refractivity contribution in [1.29, 1.82) is 0 Å². The van der Waals surface area contributed by atoms with E-state index in [1.54, 1.807) is 6.20 Å². The standard InChI is InChI=1S/C25H37N9O6/c1-13(24(39)40)32-22(37)18(7-4-10-30-25(28)29)34-23(38)19(8-9-20(27)35)33-21(36)16(26)11-14-12-31-17-6-3-2-5-15(14)17/h2-3,5-6,12-13,16,18-19,31H,4,7-11,26H2,1H3,(H2,27,35)(H,32,37)(H,33,36)(H,34,38)(H,39,40)(H4,28,29,30). The zero-order valence-corrected chi connectivity index (χ0v) is 22.2. The van der Waals surface area contributed by atoms with Gasteiger partial charge in [-0.2, -0.15) is 0 Å². The van der Waals surface area contributed by atoms with Crippen molar-refractivity contribution < 1.29 is 29.1 Å². The first-order valence-corrected chi connectivity index (χ1v) is 12.7. The van der Waals surface area contributed by atoms with E-state index in [1.165, 1.54) is 6.92 Å². The van der Waals surface area contributed by atoms with Crippen LogP contribution in [0.5, 0.6) is 0 Å². The van der Waals surface area contributed by atoms with E-state index in [9.17, 15) is 24.0 Å². The maximum Gasteiger partial charge on any atom is 0.325 e. The summed E-state index contributed by atoms with van der Waals surface area (Å²) in [7, 11) is 0. The number of guanidine groups is 1. The van der Waals surface area contributed by atoms with Crippen LogP contribution >= 0.6 is 0 Å². The molecular formula is C25H37N9O6. The Morgan fingerprint density at radius 3 is 2.23 bits per heavy atom. The summed E-state index contributed by atoms with van der Waals surface area (Å²) in [5.41, 5.74) is 23.7. The van der Waals surface area contributed by atoms with E-state index < -0.39 is 53.8 Å². The summed E-state index contributed by atoms with van der Waals surface area (Å²) in [4.78, 5) is 68.5. The average molecular weight is 560 g/mol. The van der Waals surface area contributed by atoms with Crippen LogP contribution in [0.2, 0.25) is 0 Å². The molecule has 1 aromatic heterocycles. The minimum Gasteiger partial charge on any atom is -0.480 e. The van der Waals surface area contributed by atoms with Crippen LogP contribution in [0.25, 0.3) is 10.9 Å². The summed E-state index contributed by atoms with van der Waals surface area (Å²) < 4.78 is 0. The van der Waals surface area contributed by atoms with Crippen molar-refractivity contribution in [3.05, 3.63) is 36.0 Å². The lowest BCUT2D eigenvalue weighted by molar-refractivity contribution is -0.141. The lowest BCUT2D eigenvalue weighted by Crippen LogP contribution is -2.57. The third kappa shape index (κ3) is 9.90. The van der Waals surface area contributed by atoms with Gasteiger partial charge in [-0.1, -0.05) is 18.2 Å². The molecule has 0 fully saturated rings. The zero-order chi connectivity index (χ0) is 29.8. The van der Waals surface area contributed by atoms with Crippen LogP contribution in [0.1, 0.15) is 38.2 Å². The molecule has 218 valence electrons. The fourth-order valence-electron chi connectivity index (χ4n) is 3.88. The number of nitrogens with one attached hydrogen (secondary N) is 4. The van der Waals surface area contributed by atoms with Crippen molar-refractivity contribution in [2.75, 3.05) is 6.54 Å². The van der Waals surface area contributed by atoms with Gasteiger partial charge in [-0.05, 0) is 44.2 Å². The van der Waals surface area contributed by atoms with Crippen molar-refractivity contribution in [1.82, 2.24) is 20.9 Å². The number of nitrogens with zero attached hydrogens (tertiary/aromatic N) is 1. The van der Waals surface area contributed by atoms with Gasteiger partial charge in [0.05, 0.1) is 6.04 Å². The number of para-hydroxylation sites is 1. The summed E-state index contributed by atoms with van der Waals surface area (Å²) in [6, 6.07) is 2.81. The molecule has 40 heavy (non-hydrogen) atoms. The number of carboxylic acid groups (broad SMARTS) is 1. The number of aliphatic carboxylic acids is 1. The lowest BCUT2D eigenvalue weighted by atomic mass is 10.0. The zero-order valence-electron chi connectivity index (χ0n) is 22.2. The number of nitrogens with two attached hydrogens (primary N) is 4. The number of benzene rings is 1. The number of H-pyrrole nitrogens is 1. The van der Waals surface area contributed by atoms with Gasteiger partial charge in [0.1, 0.15) is 18.1 Å². The summed E-state index contributed by atoms with van der Waals surface area (Å²) in [5.74, 6) is -4.31. The molecule has 0 aliphatic heterocycles. The number of aromatic nitrogens is 1. The van der Waals surface area contributed by atoms with Crippen LogP contribution in [0.3, 0.4) is 0 Å². The highest BCUT2D eigenvalue weighted by molar-refractivity contribution is 5.94. The number of hydrogen-bond donors (Lipinski definition) is 9. The molecular weight excluding hydrogens is 522 g/mol. The van der Waals surface area contributed by atoms with Crippen LogP contribution in [-0.4, -0.2) is 76.4 Å². The Bertz CT molecular complexity index is 1240. The Morgan fingerprint density at radius 2 is 1.57 bits per heavy atom. The maximum atomic E-state index is 13.2. The summed E-state index contributed by atoms with van der Waals surface area (Å²) in [5, 5.41) is 17.4. The van der Waals surface area contributed by atoms with Crippen LogP contribution in [-0.2, 0) is 30.4 Å². The number of hydrogen-bond acceptors (Lipinski definition) is 7. The predicted octanol–water partition coefficient (Wildman–Crippen LogP) is -2.08. The van der Waals surface area contributed by atoms with E-state index in [0.29, 0.717) is 0 Å². The Hall–Kier alpha value is -4.66. The third-order valence-electron chi connectivity index (χ3n) is 6.07. The number of carbonyl (C=O) groups is 5. The number of carboxylic acids is 1. The topological polar surface area (TPSA) is 274 Å². The Balaban J connectivity index is 2.14. The molecule has 4 amide bonds. The van der Waals surface area contributed by atoms with Crippen LogP contribution < -0.4 is 38.9 Å². The van der Waals surface area contributed by atoms with E-state index in [0.717, 1.165) is 16.5 Å². The van der Waals surface area contributed by atoms with Crippen molar-refractivity contribution in [3.8, 4) is 0 Å². The molecule has 2 rings (SSSR count). The number of aliphatic imine (C=N–C) groups is 1. The Kier molecular flexibility index (Phi) is 11.9. The molecule has 4 unspecified atom stereocenters. The summed E-state index contributed by atoms with van der Waals surface area (Å²) >= 11 is 0. The molecule has 4 atom stereocenters. The number of fused-ring (bicyclic) bond motifs is 1. The number of carbonyl (C=O) groups excluding carboxylic acids is 4. The van der Waals surface area contributed by atoms with Crippen molar-refractivity contribution in [3.63, 3.8) is 0 Å². The Morgan fingerprint density at radius 1 is 0.950 bits per heavy atom. The number of aromatic amines is 1. The van der Waals surface area contributed by atoms with Gasteiger partial charge in [-0.15, -0.1) is 0 Å². The van der Waals surface area contributed by atoms with Gasteiger partial charge in [0.2, 0.25) is 23.6 Å². The second-order valence-electron chi connectivity index (χ2n) is 9.31. The minimum atomic E-state index is -1.27. The van der Waals surface area contributed by atoms with E-state index in [2.05, 4.69) is 25.9 Å². The van der Waals surface area contributed by atoms with E-state index in [-0.39, 0.29) is 44.6 Å². The van der Waals surface area contributed by atoms with Crippen LogP contribution in [0, 0.1) is 0 Å². The SMILES string of the molecule is CC(NC(=O)C(CCCN=C(N)N)NC(=O)C(CCC(N)=O)NC(=O)C(N)Cc1c[nH]c2ccccc12)C(=O)O. The normalized spacial score (nSPS) is 13.8. The average Bonchev–Trinajstić information content (AvgIpc) is 3.30. The van der Waals surface area contributed by atoms with Crippen molar-refractivity contribution >= 4 is 46.5 Å². The molecule has 1 aromatic carbocycles. The van der Waals surface area contributed by atoms with Gasteiger partial charge < -0.3 is 49.0 Å². The maximum absolute atomic E-state index is 13.2. The van der Waals surface area contributed by atoms with Gasteiger partial charge in [0.15, 0.2) is 5.96 Å². The van der Waals surface area contributed by atoms with Crippen LogP contribution in [0.15, 0.2) is 35.5 Å². The monoisotopic (exact) mass is 559 g/mol. The first-order valence-electron chi connectivity index (χ1n) is 12.7. The van der Waals surface area contributed by atoms with Crippen molar-refractivity contribution in [2.45, 2.75) is 63.2 Å². The molecule has 1 heterocycles. The first kappa shape index (κ1) is 31.6. The smallest absolute Gasteiger partial charge is 0.325 e.